The lowest BCUT2D eigenvalue weighted by Crippen LogP contribution is -2.25. The molecule has 1 aromatic rings. The van der Waals surface area contributed by atoms with E-state index in [0.717, 1.165) is 36.6 Å². The third kappa shape index (κ3) is 3.02. The second-order valence-corrected chi connectivity index (χ2v) is 5.39. The Balaban J connectivity index is 1.92. The summed E-state index contributed by atoms with van der Waals surface area (Å²) in [6.07, 6.45) is 7.71. The van der Waals surface area contributed by atoms with Crippen molar-refractivity contribution in [2.24, 2.45) is 11.8 Å². The summed E-state index contributed by atoms with van der Waals surface area (Å²) in [5, 5.41) is 3.54. The first-order chi connectivity index (χ1) is 8.20. The van der Waals surface area contributed by atoms with E-state index in [2.05, 4.69) is 41.8 Å². The predicted octanol–water partition coefficient (Wildman–Crippen LogP) is 3.45. The summed E-state index contributed by atoms with van der Waals surface area (Å²) in [7, 11) is 0. The van der Waals surface area contributed by atoms with Gasteiger partial charge in [-0.15, -0.1) is 0 Å². The Hall–Kier alpha value is -0.990. The first kappa shape index (κ1) is 12.5. The van der Waals surface area contributed by atoms with Gasteiger partial charge in [0.25, 0.3) is 0 Å². The molecule has 1 aliphatic carbocycles. The molecule has 1 aromatic heterocycles. The van der Waals surface area contributed by atoms with Gasteiger partial charge in [0.1, 0.15) is 0 Å². The zero-order chi connectivity index (χ0) is 12.3. The molecular weight excluding hydrogens is 210 g/mol. The summed E-state index contributed by atoms with van der Waals surface area (Å²) in [6.45, 7) is 8.68. The molecule has 2 unspecified atom stereocenters. The smallest absolute Gasteiger partial charge is 0.203 e. The lowest BCUT2D eigenvalue weighted by Gasteiger charge is -2.29. The molecule has 0 radical (unpaired) electrons. The van der Waals surface area contributed by atoms with Crippen LogP contribution in [0.1, 0.15) is 45.2 Å². The molecule has 0 aliphatic heterocycles. The van der Waals surface area contributed by atoms with E-state index < -0.39 is 0 Å². The fourth-order valence-corrected chi connectivity index (χ4v) is 2.85. The topological polar surface area (TPSA) is 29.9 Å². The van der Waals surface area contributed by atoms with Gasteiger partial charge >= 0.3 is 0 Å². The lowest BCUT2D eigenvalue weighted by atomic mass is 9.80. The number of rotatable bonds is 4. The van der Waals surface area contributed by atoms with Crippen LogP contribution in [0.3, 0.4) is 0 Å². The number of aryl methyl sites for hydroxylation is 2. The van der Waals surface area contributed by atoms with E-state index in [0.29, 0.717) is 0 Å². The van der Waals surface area contributed by atoms with E-state index in [1.165, 1.54) is 25.7 Å². The minimum absolute atomic E-state index is 0.825. The summed E-state index contributed by atoms with van der Waals surface area (Å²) >= 11 is 0. The summed E-state index contributed by atoms with van der Waals surface area (Å²) in [5.74, 6) is 2.73. The third-order valence-electron chi connectivity index (χ3n) is 4.05. The molecule has 1 heterocycles. The molecule has 0 aromatic carbocycles. The van der Waals surface area contributed by atoms with Crippen molar-refractivity contribution in [3.63, 3.8) is 0 Å². The van der Waals surface area contributed by atoms with Crippen molar-refractivity contribution < 1.29 is 0 Å². The zero-order valence-corrected chi connectivity index (χ0v) is 11.4. The highest BCUT2D eigenvalue weighted by atomic mass is 15.2. The van der Waals surface area contributed by atoms with Crippen LogP contribution in [-0.2, 0) is 6.54 Å². The van der Waals surface area contributed by atoms with Gasteiger partial charge in [-0.2, -0.15) is 0 Å². The second-order valence-electron chi connectivity index (χ2n) is 5.39. The molecule has 17 heavy (non-hydrogen) atoms. The van der Waals surface area contributed by atoms with Gasteiger partial charge in [0, 0.05) is 19.3 Å². The van der Waals surface area contributed by atoms with Crippen LogP contribution in [0.25, 0.3) is 0 Å². The Bertz CT molecular complexity index is 356. The summed E-state index contributed by atoms with van der Waals surface area (Å²) in [4.78, 5) is 4.54. The number of aromatic nitrogens is 2. The third-order valence-corrected chi connectivity index (χ3v) is 4.05. The number of hydrogen-bond acceptors (Lipinski definition) is 2. The number of nitrogens with zero attached hydrogens (tertiary/aromatic N) is 2. The fourth-order valence-electron chi connectivity index (χ4n) is 2.85. The average Bonchev–Trinajstić information content (AvgIpc) is 2.69. The quantitative estimate of drug-likeness (QED) is 0.866. The van der Waals surface area contributed by atoms with Gasteiger partial charge in [0.2, 0.25) is 5.95 Å². The van der Waals surface area contributed by atoms with Crippen molar-refractivity contribution in [3.05, 3.63) is 11.9 Å². The Morgan fingerprint density at radius 1 is 1.41 bits per heavy atom. The van der Waals surface area contributed by atoms with Gasteiger partial charge in [0.05, 0.1) is 5.69 Å². The average molecular weight is 235 g/mol. The Morgan fingerprint density at radius 3 is 2.88 bits per heavy atom. The zero-order valence-electron chi connectivity index (χ0n) is 11.4. The molecule has 1 saturated carbocycles. The number of imidazole rings is 1. The van der Waals surface area contributed by atoms with Crippen LogP contribution in [0.4, 0.5) is 5.95 Å². The molecule has 3 nitrogen and oxygen atoms in total. The van der Waals surface area contributed by atoms with Crippen molar-refractivity contribution in [2.75, 3.05) is 11.9 Å². The first-order valence-corrected chi connectivity index (χ1v) is 6.98. The van der Waals surface area contributed by atoms with Crippen molar-refractivity contribution in [3.8, 4) is 0 Å². The molecule has 1 aliphatic rings. The molecule has 1 fully saturated rings. The Kier molecular flexibility index (Phi) is 4.08. The minimum atomic E-state index is 0.825. The maximum absolute atomic E-state index is 4.54. The van der Waals surface area contributed by atoms with Crippen LogP contribution in [0.2, 0.25) is 0 Å². The maximum Gasteiger partial charge on any atom is 0.203 e. The fraction of sp³-hybridized carbons (Fsp3) is 0.786. The summed E-state index contributed by atoms with van der Waals surface area (Å²) in [6, 6.07) is 0. The van der Waals surface area contributed by atoms with E-state index in [-0.39, 0.29) is 0 Å². The van der Waals surface area contributed by atoms with E-state index >= 15 is 0 Å². The van der Waals surface area contributed by atoms with Gasteiger partial charge in [-0.3, -0.25) is 0 Å². The van der Waals surface area contributed by atoms with E-state index in [1.54, 1.807) is 0 Å². The maximum atomic E-state index is 4.54. The molecule has 3 heteroatoms. The highest BCUT2D eigenvalue weighted by Gasteiger charge is 2.21. The highest BCUT2D eigenvalue weighted by Crippen LogP contribution is 2.29. The normalized spacial score (nSPS) is 24.9. The molecule has 0 saturated heterocycles. The molecule has 0 amide bonds. The summed E-state index contributed by atoms with van der Waals surface area (Å²) in [5.41, 5.74) is 1.10. The molecular formula is C14H25N3. The molecule has 2 rings (SSSR count). The van der Waals surface area contributed by atoms with E-state index in [4.69, 9.17) is 0 Å². The molecule has 1 N–H and O–H groups in total. The monoisotopic (exact) mass is 235 g/mol. The van der Waals surface area contributed by atoms with Crippen molar-refractivity contribution in [1.82, 2.24) is 9.55 Å². The first-order valence-electron chi connectivity index (χ1n) is 6.98. The number of hydrogen-bond donors (Lipinski definition) is 1. The highest BCUT2D eigenvalue weighted by molar-refractivity contribution is 5.28. The molecule has 0 spiro atoms. The van der Waals surface area contributed by atoms with Crippen molar-refractivity contribution >= 4 is 5.95 Å². The van der Waals surface area contributed by atoms with Gasteiger partial charge < -0.3 is 9.88 Å². The van der Waals surface area contributed by atoms with Crippen LogP contribution in [-0.4, -0.2) is 16.1 Å². The van der Waals surface area contributed by atoms with Crippen LogP contribution < -0.4 is 5.32 Å². The van der Waals surface area contributed by atoms with Crippen LogP contribution in [0.5, 0.6) is 0 Å². The molecule has 2 atom stereocenters. The summed E-state index contributed by atoms with van der Waals surface area (Å²) < 4.78 is 2.20. The minimum Gasteiger partial charge on any atom is -0.355 e. The van der Waals surface area contributed by atoms with Gasteiger partial charge in [-0.1, -0.05) is 26.2 Å². The number of nitrogens with one attached hydrogen (secondary N) is 1. The predicted molar refractivity (Wildman–Crippen MR) is 72.2 cm³/mol. The lowest BCUT2D eigenvalue weighted by molar-refractivity contribution is 0.268. The van der Waals surface area contributed by atoms with E-state index in [9.17, 15) is 0 Å². The SMILES string of the molecule is CCn1cc(C)nc1NCC1CCCCC1C. The van der Waals surface area contributed by atoms with Gasteiger partial charge in [-0.25, -0.2) is 4.98 Å². The van der Waals surface area contributed by atoms with Crippen LogP contribution >= 0.6 is 0 Å². The Morgan fingerprint density at radius 2 is 2.18 bits per heavy atom. The van der Waals surface area contributed by atoms with Crippen LogP contribution in [0.15, 0.2) is 6.20 Å². The van der Waals surface area contributed by atoms with Crippen molar-refractivity contribution in [2.45, 2.75) is 53.0 Å². The van der Waals surface area contributed by atoms with Crippen molar-refractivity contribution in [1.29, 1.82) is 0 Å². The standard InChI is InChI=1S/C14H25N3/c1-4-17-10-12(3)16-14(17)15-9-13-8-6-5-7-11(13)2/h10-11,13H,4-9H2,1-3H3,(H,15,16). The van der Waals surface area contributed by atoms with Gasteiger partial charge in [-0.05, 0) is 32.1 Å². The molecule has 96 valence electrons. The molecule has 0 bridgehead atoms. The largest absolute Gasteiger partial charge is 0.355 e. The Labute approximate surface area is 105 Å². The van der Waals surface area contributed by atoms with Crippen LogP contribution in [0, 0.1) is 18.8 Å². The van der Waals surface area contributed by atoms with Gasteiger partial charge in [0.15, 0.2) is 0 Å². The number of anilines is 1. The second kappa shape index (κ2) is 5.56. The van der Waals surface area contributed by atoms with E-state index in [1.807, 2.05) is 0 Å².